The van der Waals surface area contributed by atoms with E-state index in [1.807, 2.05) is 18.2 Å². The molecule has 0 nitrogen and oxygen atoms in total. The number of hydrogen-bond donors (Lipinski definition) is 0. The molecular formula is C13H17ClS. The largest absolute Gasteiger partial charge is 0.0780 e. The van der Waals surface area contributed by atoms with Crippen molar-refractivity contribution in [2.24, 2.45) is 0 Å². The number of benzene rings is 1. The van der Waals surface area contributed by atoms with Crippen LogP contribution in [0.2, 0.25) is 0 Å². The van der Waals surface area contributed by atoms with Crippen molar-refractivity contribution in [3.63, 3.8) is 0 Å². The molecule has 1 aromatic carbocycles. The third-order valence-electron chi connectivity index (χ3n) is 2.07. The molecule has 15 heavy (non-hydrogen) atoms. The topological polar surface area (TPSA) is 0 Å². The first-order valence-electron chi connectivity index (χ1n) is 5.41. The molecular weight excluding hydrogens is 224 g/mol. The van der Waals surface area contributed by atoms with E-state index in [-0.39, 0.29) is 0 Å². The molecule has 1 aromatic rings. The van der Waals surface area contributed by atoms with Crippen molar-refractivity contribution in [3.8, 4) is 0 Å². The van der Waals surface area contributed by atoms with Gasteiger partial charge in [-0.15, -0.1) is 0 Å². The van der Waals surface area contributed by atoms with Crippen LogP contribution in [0.15, 0.2) is 45.7 Å². The van der Waals surface area contributed by atoms with Gasteiger partial charge in [0.05, 0.1) is 4.36 Å². The number of allylic oxidation sites excluding steroid dienone is 1. The predicted molar refractivity (Wildman–Crippen MR) is 70.4 cm³/mol. The highest BCUT2D eigenvalue weighted by molar-refractivity contribution is 8.04. The van der Waals surface area contributed by atoms with Gasteiger partial charge in [-0.1, -0.05) is 67.4 Å². The summed E-state index contributed by atoms with van der Waals surface area (Å²) in [4.78, 5) is 1.20. The number of unbranched alkanes of at least 4 members (excludes halogenated alkanes) is 3. The summed E-state index contributed by atoms with van der Waals surface area (Å²) in [5.74, 6) is 0. The average molecular weight is 241 g/mol. The summed E-state index contributed by atoms with van der Waals surface area (Å²) < 4.78 is 0.886. The summed E-state index contributed by atoms with van der Waals surface area (Å²) in [6, 6.07) is 10.2. The second-order valence-corrected chi connectivity index (χ2v) is 5.17. The maximum atomic E-state index is 6.12. The van der Waals surface area contributed by atoms with Crippen LogP contribution in [0, 0.1) is 0 Å². The van der Waals surface area contributed by atoms with Crippen LogP contribution in [0.1, 0.15) is 32.6 Å². The molecule has 82 valence electrons. The quantitative estimate of drug-likeness (QED) is 0.471. The van der Waals surface area contributed by atoms with E-state index in [2.05, 4.69) is 25.1 Å². The Balaban J connectivity index is 2.32. The maximum absolute atomic E-state index is 6.12. The van der Waals surface area contributed by atoms with Gasteiger partial charge < -0.3 is 0 Å². The first kappa shape index (κ1) is 12.7. The smallest absolute Gasteiger partial charge is 0.0742 e. The van der Waals surface area contributed by atoms with Gasteiger partial charge in [0.1, 0.15) is 0 Å². The van der Waals surface area contributed by atoms with Crippen LogP contribution in [0.4, 0.5) is 0 Å². The van der Waals surface area contributed by atoms with E-state index >= 15 is 0 Å². The van der Waals surface area contributed by atoms with Crippen LogP contribution in [0.25, 0.3) is 0 Å². The molecule has 0 spiro atoms. The Morgan fingerprint density at radius 2 is 2.00 bits per heavy atom. The lowest BCUT2D eigenvalue weighted by Gasteiger charge is -1.99. The fraction of sp³-hybridized carbons (Fsp3) is 0.385. The lowest BCUT2D eigenvalue weighted by atomic mass is 10.2. The van der Waals surface area contributed by atoms with Gasteiger partial charge in [0, 0.05) is 4.90 Å². The molecule has 0 bridgehead atoms. The van der Waals surface area contributed by atoms with Crippen LogP contribution in [0.3, 0.4) is 0 Å². The summed E-state index contributed by atoms with van der Waals surface area (Å²) in [7, 11) is 0. The van der Waals surface area contributed by atoms with Gasteiger partial charge in [0.15, 0.2) is 0 Å². The van der Waals surface area contributed by atoms with Gasteiger partial charge in [-0.3, -0.25) is 0 Å². The molecule has 0 atom stereocenters. The lowest BCUT2D eigenvalue weighted by molar-refractivity contribution is 0.729. The molecule has 0 aromatic heterocycles. The molecule has 0 aliphatic rings. The molecule has 0 saturated heterocycles. The minimum absolute atomic E-state index is 0.886. The molecule has 0 heterocycles. The third-order valence-corrected chi connectivity index (χ3v) is 3.33. The van der Waals surface area contributed by atoms with E-state index < -0.39 is 0 Å². The normalized spacial score (nSPS) is 11.7. The SMILES string of the molecule is CCCCC/C=C(\Cl)Sc1ccccc1. The zero-order valence-corrected chi connectivity index (χ0v) is 10.7. The third kappa shape index (κ3) is 5.91. The monoisotopic (exact) mass is 240 g/mol. The molecule has 0 aliphatic heterocycles. The highest BCUT2D eigenvalue weighted by atomic mass is 35.5. The Kier molecular flexibility index (Phi) is 6.62. The summed E-state index contributed by atoms with van der Waals surface area (Å²) >= 11 is 7.75. The van der Waals surface area contributed by atoms with Crippen molar-refractivity contribution in [3.05, 3.63) is 40.8 Å². The van der Waals surface area contributed by atoms with E-state index in [1.54, 1.807) is 11.8 Å². The molecule has 2 heteroatoms. The van der Waals surface area contributed by atoms with Crippen LogP contribution >= 0.6 is 23.4 Å². The first-order chi connectivity index (χ1) is 7.33. The second-order valence-electron chi connectivity index (χ2n) is 3.42. The fourth-order valence-electron chi connectivity index (χ4n) is 1.25. The van der Waals surface area contributed by atoms with Crippen LogP contribution in [0.5, 0.6) is 0 Å². The van der Waals surface area contributed by atoms with Crippen LogP contribution in [-0.4, -0.2) is 0 Å². The van der Waals surface area contributed by atoms with Crippen molar-refractivity contribution < 1.29 is 0 Å². The van der Waals surface area contributed by atoms with Gasteiger partial charge in [-0.05, 0) is 25.0 Å². The highest BCUT2D eigenvalue weighted by Crippen LogP contribution is 2.29. The van der Waals surface area contributed by atoms with Gasteiger partial charge in [-0.25, -0.2) is 0 Å². The molecule has 1 rings (SSSR count). The molecule has 0 aliphatic carbocycles. The minimum Gasteiger partial charge on any atom is -0.0780 e. The standard InChI is InChI=1S/C13H17ClS/c1-2-3-4-8-11-13(14)15-12-9-6-5-7-10-12/h5-7,9-11H,2-4,8H2,1H3/b13-11+. The minimum atomic E-state index is 0.886. The van der Waals surface area contributed by atoms with Gasteiger partial charge in [0.25, 0.3) is 0 Å². The highest BCUT2D eigenvalue weighted by Gasteiger charge is 1.95. The summed E-state index contributed by atoms with van der Waals surface area (Å²) in [5.41, 5.74) is 0. The van der Waals surface area contributed by atoms with Crippen LogP contribution < -0.4 is 0 Å². The lowest BCUT2D eigenvalue weighted by Crippen LogP contribution is -1.73. The van der Waals surface area contributed by atoms with Crippen molar-refractivity contribution >= 4 is 23.4 Å². The average Bonchev–Trinajstić information content (AvgIpc) is 2.26. The molecule has 0 saturated carbocycles. The summed E-state index contributed by atoms with van der Waals surface area (Å²) in [5, 5.41) is 0. The summed E-state index contributed by atoms with van der Waals surface area (Å²) in [6.45, 7) is 2.21. The number of thioether (sulfide) groups is 1. The Bertz CT molecular complexity index is 293. The molecule has 0 fully saturated rings. The van der Waals surface area contributed by atoms with Gasteiger partial charge in [0.2, 0.25) is 0 Å². The Morgan fingerprint density at radius 1 is 1.27 bits per heavy atom. The number of hydrogen-bond acceptors (Lipinski definition) is 1. The fourth-order valence-corrected chi connectivity index (χ4v) is 2.35. The number of rotatable bonds is 6. The predicted octanol–water partition coefficient (Wildman–Crippen LogP) is 5.44. The first-order valence-corrected chi connectivity index (χ1v) is 6.61. The Hall–Kier alpha value is -0.400. The number of halogens is 1. The van der Waals surface area contributed by atoms with Crippen molar-refractivity contribution in [1.29, 1.82) is 0 Å². The molecule has 0 N–H and O–H groups in total. The molecule has 0 radical (unpaired) electrons. The molecule has 0 amide bonds. The van der Waals surface area contributed by atoms with E-state index in [4.69, 9.17) is 11.6 Å². The van der Waals surface area contributed by atoms with E-state index in [1.165, 1.54) is 24.2 Å². The second kappa shape index (κ2) is 7.84. The Morgan fingerprint density at radius 3 is 2.67 bits per heavy atom. The van der Waals surface area contributed by atoms with Gasteiger partial charge in [-0.2, -0.15) is 0 Å². The van der Waals surface area contributed by atoms with E-state index in [0.29, 0.717) is 0 Å². The summed E-state index contributed by atoms with van der Waals surface area (Å²) in [6.07, 6.45) is 7.00. The van der Waals surface area contributed by atoms with Crippen molar-refractivity contribution in [2.75, 3.05) is 0 Å². The maximum Gasteiger partial charge on any atom is 0.0742 e. The molecule has 0 unspecified atom stereocenters. The van der Waals surface area contributed by atoms with Crippen molar-refractivity contribution in [2.45, 2.75) is 37.5 Å². The van der Waals surface area contributed by atoms with E-state index in [0.717, 1.165) is 10.8 Å². The zero-order chi connectivity index (χ0) is 10.9. The van der Waals surface area contributed by atoms with Crippen LogP contribution in [-0.2, 0) is 0 Å². The van der Waals surface area contributed by atoms with Crippen molar-refractivity contribution in [1.82, 2.24) is 0 Å². The van der Waals surface area contributed by atoms with Gasteiger partial charge >= 0.3 is 0 Å². The zero-order valence-electron chi connectivity index (χ0n) is 9.08. The Labute approximate surface area is 102 Å². The van der Waals surface area contributed by atoms with E-state index in [9.17, 15) is 0 Å².